The van der Waals surface area contributed by atoms with Gasteiger partial charge in [0.25, 0.3) is 0 Å². The topological polar surface area (TPSA) is 25.4 Å². The van der Waals surface area contributed by atoms with Crippen LogP contribution in [0, 0.1) is 0 Å². The summed E-state index contributed by atoms with van der Waals surface area (Å²) < 4.78 is 5.73. The Morgan fingerprint density at radius 2 is 2.25 bits per heavy atom. The van der Waals surface area contributed by atoms with Gasteiger partial charge in [0.1, 0.15) is 0 Å². The Bertz CT molecular complexity index is 596. The first-order valence-electron chi connectivity index (χ1n) is 7.05. The molecule has 2 aromatic rings. The average molecular weight is 291 g/mol. The third-order valence-corrected chi connectivity index (χ3v) is 4.07. The van der Waals surface area contributed by atoms with Gasteiger partial charge in [-0.05, 0) is 25.0 Å². The predicted molar refractivity (Wildman–Crippen MR) is 83.5 cm³/mol. The number of hydrogen-bond acceptors (Lipinski definition) is 3. The van der Waals surface area contributed by atoms with Crippen LogP contribution < -0.4 is 4.90 Å². The molecule has 1 aliphatic rings. The van der Waals surface area contributed by atoms with Gasteiger partial charge in [-0.2, -0.15) is 0 Å². The highest BCUT2D eigenvalue weighted by molar-refractivity contribution is 6.17. The van der Waals surface area contributed by atoms with Crippen molar-refractivity contribution in [2.75, 3.05) is 25.1 Å². The number of rotatable bonds is 4. The Kier molecular flexibility index (Phi) is 4.08. The van der Waals surface area contributed by atoms with E-state index in [2.05, 4.69) is 29.1 Å². The van der Waals surface area contributed by atoms with Gasteiger partial charge in [-0.1, -0.05) is 18.2 Å². The van der Waals surface area contributed by atoms with Crippen LogP contribution in [0.25, 0.3) is 10.9 Å². The van der Waals surface area contributed by atoms with E-state index in [1.54, 1.807) is 0 Å². The number of nitrogens with zero attached hydrogens (tertiary/aromatic N) is 2. The summed E-state index contributed by atoms with van der Waals surface area (Å²) >= 11 is 5.97. The lowest BCUT2D eigenvalue weighted by atomic mass is 10.1. The van der Waals surface area contributed by atoms with Gasteiger partial charge in [-0.25, -0.2) is 0 Å². The number of pyridine rings is 1. The van der Waals surface area contributed by atoms with Gasteiger partial charge in [0.2, 0.25) is 0 Å². The first-order chi connectivity index (χ1) is 9.78. The number of fused-ring (bicyclic) bond motifs is 1. The first kappa shape index (κ1) is 13.7. The summed E-state index contributed by atoms with van der Waals surface area (Å²) in [7, 11) is 2.11. The van der Waals surface area contributed by atoms with Gasteiger partial charge >= 0.3 is 0 Å². The molecule has 1 aliphatic heterocycles. The summed E-state index contributed by atoms with van der Waals surface area (Å²) in [5.41, 5.74) is 3.10. The molecule has 0 saturated carbocycles. The maximum Gasteiger partial charge on any atom is 0.0750 e. The third-order valence-electron chi connectivity index (χ3n) is 3.80. The van der Waals surface area contributed by atoms with Crippen molar-refractivity contribution in [1.82, 2.24) is 4.98 Å². The summed E-state index contributed by atoms with van der Waals surface area (Å²) in [5, 5.41) is 1.17. The molecule has 0 amide bonds. The second-order valence-electron chi connectivity index (χ2n) is 5.30. The van der Waals surface area contributed by atoms with E-state index in [0.29, 0.717) is 12.0 Å². The number of halogens is 1. The van der Waals surface area contributed by atoms with Crippen molar-refractivity contribution in [1.29, 1.82) is 0 Å². The van der Waals surface area contributed by atoms with E-state index in [-0.39, 0.29) is 0 Å². The highest BCUT2D eigenvalue weighted by Crippen LogP contribution is 2.27. The third kappa shape index (κ3) is 2.74. The van der Waals surface area contributed by atoms with Crippen molar-refractivity contribution in [3.63, 3.8) is 0 Å². The van der Waals surface area contributed by atoms with Gasteiger partial charge in [0.15, 0.2) is 0 Å². The molecule has 3 nitrogen and oxygen atoms in total. The van der Waals surface area contributed by atoms with E-state index < -0.39 is 0 Å². The smallest absolute Gasteiger partial charge is 0.0750 e. The van der Waals surface area contributed by atoms with Crippen LogP contribution in [-0.2, 0) is 10.6 Å². The molecule has 20 heavy (non-hydrogen) atoms. The molecule has 1 aromatic heterocycles. The standard InChI is InChI=1S/C16H19ClN2O/c1-19(11-13-5-4-8-20-13)16-9-12(10-17)18-15-7-3-2-6-14(15)16/h2-3,6-7,9,13H,4-5,8,10-11H2,1H3. The zero-order valence-corrected chi connectivity index (χ0v) is 12.4. The van der Waals surface area contributed by atoms with Crippen molar-refractivity contribution in [2.45, 2.75) is 24.8 Å². The molecule has 0 aliphatic carbocycles. The van der Waals surface area contributed by atoms with Gasteiger partial charge in [-0.15, -0.1) is 11.6 Å². The van der Waals surface area contributed by atoms with Crippen molar-refractivity contribution >= 4 is 28.2 Å². The highest BCUT2D eigenvalue weighted by Gasteiger charge is 2.19. The minimum Gasteiger partial charge on any atom is -0.376 e. The van der Waals surface area contributed by atoms with Crippen LogP contribution in [0.3, 0.4) is 0 Å². The predicted octanol–water partition coefficient (Wildman–Crippen LogP) is 3.59. The molecular weight excluding hydrogens is 272 g/mol. The molecule has 1 unspecified atom stereocenters. The van der Waals surface area contributed by atoms with Crippen LogP contribution >= 0.6 is 11.6 Å². The van der Waals surface area contributed by atoms with Crippen LogP contribution in [-0.4, -0.2) is 31.3 Å². The summed E-state index contributed by atoms with van der Waals surface area (Å²) in [6.07, 6.45) is 2.66. The normalized spacial score (nSPS) is 18.6. The number of para-hydroxylation sites is 1. The summed E-state index contributed by atoms with van der Waals surface area (Å²) in [5.74, 6) is 0.436. The second kappa shape index (κ2) is 5.98. The monoisotopic (exact) mass is 290 g/mol. The first-order valence-corrected chi connectivity index (χ1v) is 7.59. The molecule has 0 bridgehead atoms. The Balaban J connectivity index is 1.95. The second-order valence-corrected chi connectivity index (χ2v) is 5.57. The fourth-order valence-electron chi connectivity index (χ4n) is 2.79. The number of anilines is 1. The Morgan fingerprint density at radius 3 is 3.00 bits per heavy atom. The molecule has 1 atom stereocenters. The quantitative estimate of drug-likeness (QED) is 0.805. The minimum absolute atomic E-state index is 0.339. The number of ether oxygens (including phenoxy) is 1. The van der Waals surface area contributed by atoms with Crippen molar-refractivity contribution in [3.05, 3.63) is 36.0 Å². The fourth-order valence-corrected chi connectivity index (χ4v) is 2.92. The molecule has 2 heterocycles. The minimum atomic E-state index is 0.339. The zero-order chi connectivity index (χ0) is 13.9. The lowest BCUT2D eigenvalue weighted by molar-refractivity contribution is 0.116. The van der Waals surface area contributed by atoms with E-state index in [1.807, 2.05) is 18.2 Å². The summed E-state index contributed by atoms with van der Waals surface area (Å²) in [6, 6.07) is 10.3. The Morgan fingerprint density at radius 1 is 1.40 bits per heavy atom. The van der Waals surface area contributed by atoms with Gasteiger partial charge < -0.3 is 9.64 Å². The lowest BCUT2D eigenvalue weighted by Gasteiger charge is -2.24. The van der Waals surface area contributed by atoms with Crippen LogP contribution in [0.4, 0.5) is 5.69 Å². The molecular formula is C16H19ClN2O. The molecule has 3 rings (SSSR count). The molecule has 4 heteroatoms. The molecule has 0 N–H and O–H groups in total. The molecule has 0 radical (unpaired) electrons. The molecule has 0 spiro atoms. The van der Waals surface area contributed by atoms with Crippen LogP contribution in [0.5, 0.6) is 0 Å². The van der Waals surface area contributed by atoms with E-state index in [1.165, 1.54) is 17.5 Å². The van der Waals surface area contributed by atoms with Crippen LogP contribution in [0.15, 0.2) is 30.3 Å². The van der Waals surface area contributed by atoms with Crippen LogP contribution in [0.2, 0.25) is 0 Å². The highest BCUT2D eigenvalue weighted by atomic mass is 35.5. The number of likely N-dealkylation sites (N-methyl/N-ethyl adjacent to an activating group) is 1. The van der Waals surface area contributed by atoms with Crippen molar-refractivity contribution in [2.24, 2.45) is 0 Å². The maximum absolute atomic E-state index is 5.97. The van der Waals surface area contributed by atoms with Crippen LogP contribution in [0.1, 0.15) is 18.5 Å². The molecule has 106 valence electrons. The molecule has 1 fully saturated rings. The van der Waals surface area contributed by atoms with Crippen molar-refractivity contribution < 1.29 is 4.74 Å². The van der Waals surface area contributed by atoms with Gasteiger partial charge in [0, 0.05) is 31.3 Å². The van der Waals surface area contributed by atoms with Gasteiger partial charge in [-0.3, -0.25) is 4.98 Å². The van der Waals surface area contributed by atoms with E-state index in [4.69, 9.17) is 16.3 Å². The Labute approximate surface area is 124 Å². The number of aromatic nitrogens is 1. The number of alkyl halides is 1. The fraction of sp³-hybridized carbons (Fsp3) is 0.438. The van der Waals surface area contributed by atoms with E-state index >= 15 is 0 Å². The maximum atomic E-state index is 5.97. The van der Waals surface area contributed by atoms with Crippen molar-refractivity contribution in [3.8, 4) is 0 Å². The largest absolute Gasteiger partial charge is 0.376 e. The summed E-state index contributed by atoms with van der Waals surface area (Å²) in [6.45, 7) is 1.80. The van der Waals surface area contributed by atoms with E-state index in [0.717, 1.165) is 30.8 Å². The lowest BCUT2D eigenvalue weighted by Crippen LogP contribution is -2.28. The SMILES string of the molecule is CN(CC1CCCO1)c1cc(CCl)nc2ccccc12. The van der Waals surface area contributed by atoms with Gasteiger partial charge in [0.05, 0.1) is 23.2 Å². The van der Waals surface area contributed by atoms with E-state index in [9.17, 15) is 0 Å². The zero-order valence-electron chi connectivity index (χ0n) is 11.7. The number of hydrogen-bond donors (Lipinski definition) is 0. The molecule has 1 saturated heterocycles. The summed E-state index contributed by atoms with van der Waals surface area (Å²) in [4.78, 5) is 6.84. The number of benzene rings is 1. The average Bonchev–Trinajstić information content (AvgIpc) is 2.98. The molecule has 1 aromatic carbocycles. The Hall–Kier alpha value is -1.32.